The minimum absolute atomic E-state index is 0.458. The molecule has 0 heterocycles. The molecule has 104 valence electrons. The third-order valence-electron chi connectivity index (χ3n) is 3.06. The van der Waals surface area contributed by atoms with Crippen LogP contribution in [0.1, 0.15) is 12.5 Å². The van der Waals surface area contributed by atoms with E-state index in [9.17, 15) is 18.7 Å². The Labute approximate surface area is 114 Å². The molecule has 0 aliphatic heterocycles. The Kier molecular flexibility index (Phi) is 3.70. The van der Waals surface area contributed by atoms with Crippen molar-refractivity contribution in [2.45, 2.75) is 12.5 Å². The van der Waals surface area contributed by atoms with Gasteiger partial charge in [-0.2, -0.15) is 0 Å². The number of carbonyl (C=O) groups is 1. The summed E-state index contributed by atoms with van der Waals surface area (Å²) in [6, 6.07) is 11.7. The van der Waals surface area contributed by atoms with Crippen LogP contribution in [0.25, 0.3) is 0 Å². The third-order valence-corrected chi connectivity index (χ3v) is 3.06. The molecule has 0 spiro atoms. The highest BCUT2D eigenvalue weighted by atomic mass is 19.1. The molecule has 2 rings (SSSR count). The fourth-order valence-electron chi connectivity index (χ4n) is 2.01. The van der Waals surface area contributed by atoms with Gasteiger partial charge < -0.3 is 10.4 Å². The summed E-state index contributed by atoms with van der Waals surface area (Å²) >= 11 is 0. The van der Waals surface area contributed by atoms with Crippen molar-refractivity contribution in [1.82, 2.24) is 0 Å². The molecule has 1 unspecified atom stereocenters. The molecule has 0 saturated heterocycles. The van der Waals surface area contributed by atoms with Crippen molar-refractivity contribution in [2.75, 3.05) is 5.32 Å². The summed E-state index contributed by atoms with van der Waals surface area (Å²) < 4.78 is 27.7. The number of para-hydroxylation sites is 1. The lowest BCUT2D eigenvalue weighted by molar-refractivity contribution is -0.142. The second-order valence-electron chi connectivity index (χ2n) is 4.52. The molecule has 3 nitrogen and oxygen atoms in total. The lowest BCUT2D eigenvalue weighted by Crippen LogP contribution is -2.42. The fraction of sp³-hybridized carbons (Fsp3) is 0.133. The zero-order valence-electron chi connectivity index (χ0n) is 10.7. The summed E-state index contributed by atoms with van der Waals surface area (Å²) in [5.41, 5.74) is -1.96. The van der Waals surface area contributed by atoms with E-state index in [1.54, 1.807) is 30.3 Å². The van der Waals surface area contributed by atoms with E-state index in [1.165, 1.54) is 13.0 Å². The zero-order chi connectivity index (χ0) is 14.8. The van der Waals surface area contributed by atoms with Gasteiger partial charge in [-0.3, -0.25) is 0 Å². The summed E-state index contributed by atoms with van der Waals surface area (Å²) in [4.78, 5) is 11.5. The van der Waals surface area contributed by atoms with Gasteiger partial charge in [-0.1, -0.05) is 24.3 Å². The number of carboxylic acid groups (broad SMARTS) is 1. The number of hydrogen-bond acceptors (Lipinski definition) is 2. The molecule has 5 heteroatoms. The molecule has 1 atom stereocenters. The molecule has 0 aliphatic carbocycles. The highest BCUT2D eigenvalue weighted by molar-refractivity contribution is 5.84. The van der Waals surface area contributed by atoms with E-state index < -0.39 is 28.7 Å². The normalized spacial score (nSPS) is 13.6. The Morgan fingerprint density at radius 1 is 1.05 bits per heavy atom. The predicted octanol–water partition coefficient (Wildman–Crippen LogP) is 3.38. The lowest BCUT2D eigenvalue weighted by atomic mass is 9.90. The van der Waals surface area contributed by atoms with Crippen molar-refractivity contribution in [3.05, 3.63) is 65.7 Å². The first-order valence-corrected chi connectivity index (χ1v) is 5.96. The Morgan fingerprint density at radius 2 is 1.60 bits per heavy atom. The van der Waals surface area contributed by atoms with E-state index in [0.29, 0.717) is 5.69 Å². The lowest BCUT2D eigenvalue weighted by Gasteiger charge is -2.28. The standard InChI is InChI=1S/C15H13F2NO2/c1-15(14(19)20,18-10-6-3-2-4-7-10)13-11(16)8-5-9-12(13)17/h2-9,18H,1H3,(H,19,20). The highest BCUT2D eigenvalue weighted by Gasteiger charge is 2.40. The largest absolute Gasteiger partial charge is 0.479 e. The molecule has 2 N–H and O–H groups in total. The minimum Gasteiger partial charge on any atom is -0.479 e. The topological polar surface area (TPSA) is 49.3 Å². The van der Waals surface area contributed by atoms with Crippen molar-refractivity contribution < 1.29 is 18.7 Å². The van der Waals surface area contributed by atoms with Crippen molar-refractivity contribution in [2.24, 2.45) is 0 Å². The smallest absolute Gasteiger partial charge is 0.333 e. The Morgan fingerprint density at radius 3 is 2.10 bits per heavy atom. The monoisotopic (exact) mass is 277 g/mol. The Hall–Kier alpha value is -2.43. The van der Waals surface area contributed by atoms with Gasteiger partial charge in [0.15, 0.2) is 5.54 Å². The molecule has 20 heavy (non-hydrogen) atoms. The predicted molar refractivity (Wildman–Crippen MR) is 71.4 cm³/mol. The number of hydrogen-bond donors (Lipinski definition) is 2. The molecule has 0 bridgehead atoms. The number of carboxylic acids is 1. The number of rotatable bonds is 4. The quantitative estimate of drug-likeness (QED) is 0.900. The molecular weight excluding hydrogens is 264 g/mol. The Balaban J connectivity index is 2.53. The van der Waals surface area contributed by atoms with Crippen LogP contribution in [0.2, 0.25) is 0 Å². The number of anilines is 1. The van der Waals surface area contributed by atoms with Gasteiger partial charge in [0.1, 0.15) is 11.6 Å². The van der Waals surface area contributed by atoms with E-state index in [1.807, 2.05) is 0 Å². The highest BCUT2D eigenvalue weighted by Crippen LogP contribution is 2.30. The molecule has 0 radical (unpaired) electrons. The molecule has 0 aromatic heterocycles. The summed E-state index contributed by atoms with van der Waals surface area (Å²) in [7, 11) is 0. The maximum absolute atomic E-state index is 13.9. The number of halogens is 2. The molecule has 2 aromatic carbocycles. The van der Waals surface area contributed by atoms with Gasteiger partial charge in [0.2, 0.25) is 0 Å². The molecule has 0 saturated carbocycles. The molecule has 0 aliphatic rings. The van der Waals surface area contributed by atoms with Gasteiger partial charge in [0.25, 0.3) is 0 Å². The van der Waals surface area contributed by atoms with Crippen molar-refractivity contribution in [1.29, 1.82) is 0 Å². The first kappa shape index (κ1) is 14.0. The van der Waals surface area contributed by atoms with Crippen LogP contribution in [0.5, 0.6) is 0 Å². The Bertz CT molecular complexity index is 611. The van der Waals surface area contributed by atoms with E-state index in [0.717, 1.165) is 12.1 Å². The SMILES string of the molecule is CC(Nc1ccccc1)(C(=O)O)c1c(F)cccc1F. The number of aliphatic carboxylic acids is 1. The maximum Gasteiger partial charge on any atom is 0.333 e. The van der Waals surface area contributed by atoms with Crippen LogP contribution in [0.4, 0.5) is 14.5 Å². The average Bonchev–Trinajstić information content (AvgIpc) is 2.39. The maximum atomic E-state index is 13.9. The van der Waals surface area contributed by atoms with E-state index in [-0.39, 0.29) is 0 Å². The van der Waals surface area contributed by atoms with Gasteiger partial charge in [0, 0.05) is 5.69 Å². The number of nitrogens with one attached hydrogen (secondary N) is 1. The van der Waals surface area contributed by atoms with Gasteiger partial charge in [-0.05, 0) is 31.2 Å². The minimum atomic E-state index is -1.91. The molecule has 0 fully saturated rings. The van der Waals surface area contributed by atoms with Gasteiger partial charge >= 0.3 is 5.97 Å². The van der Waals surface area contributed by atoms with E-state index in [4.69, 9.17) is 0 Å². The van der Waals surface area contributed by atoms with E-state index in [2.05, 4.69) is 5.32 Å². The molecular formula is C15H13F2NO2. The summed E-state index contributed by atoms with van der Waals surface area (Å²) in [5.74, 6) is -3.18. The van der Waals surface area contributed by atoms with Gasteiger partial charge in [-0.15, -0.1) is 0 Å². The van der Waals surface area contributed by atoms with Crippen molar-refractivity contribution in [3.63, 3.8) is 0 Å². The molecule has 2 aromatic rings. The van der Waals surface area contributed by atoms with Crippen LogP contribution in [-0.2, 0) is 10.3 Å². The number of benzene rings is 2. The molecule has 0 amide bonds. The average molecular weight is 277 g/mol. The second-order valence-corrected chi connectivity index (χ2v) is 4.52. The fourth-order valence-corrected chi connectivity index (χ4v) is 2.01. The third kappa shape index (κ3) is 2.47. The first-order valence-electron chi connectivity index (χ1n) is 5.96. The van der Waals surface area contributed by atoms with E-state index >= 15 is 0 Å². The van der Waals surface area contributed by atoms with Crippen LogP contribution in [-0.4, -0.2) is 11.1 Å². The summed E-state index contributed by atoms with van der Waals surface area (Å²) in [5, 5.41) is 12.1. The first-order chi connectivity index (χ1) is 9.45. The summed E-state index contributed by atoms with van der Waals surface area (Å²) in [6.07, 6.45) is 0. The van der Waals surface area contributed by atoms with Crippen LogP contribution in [0.15, 0.2) is 48.5 Å². The van der Waals surface area contributed by atoms with Crippen LogP contribution < -0.4 is 5.32 Å². The van der Waals surface area contributed by atoms with Crippen LogP contribution in [0.3, 0.4) is 0 Å². The zero-order valence-corrected chi connectivity index (χ0v) is 10.7. The van der Waals surface area contributed by atoms with Gasteiger partial charge in [0.05, 0.1) is 5.56 Å². The van der Waals surface area contributed by atoms with Crippen molar-refractivity contribution in [3.8, 4) is 0 Å². The van der Waals surface area contributed by atoms with Gasteiger partial charge in [-0.25, -0.2) is 13.6 Å². The summed E-state index contributed by atoms with van der Waals surface area (Å²) in [6.45, 7) is 1.23. The van der Waals surface area contributed by atoms with Crippen LogP contribution >= 0.6 is 0 Å². The van der Waals surface area contributed by atoms with Crippen LogP contribution in [0, 0.1) is 11.6 Å². The van der Waals surface area contributed by atoms with Crippen molar-refractivity contribution >= 4 is 11.7 Å². The second kappa shape index (κ2) is 5.28.